The van der Waals surface area contributed by atoms with Gasteiger partial charge in [0.2, 0.25) is 0 Å². The molecule has 0 spiro atoms. The molecule has 0 amide bonds. The van der Waals surface area contributed by atoms with Crippen molar-refractivity contribution in [2.45, 2.75) is 24.3 Å². The van der Waals surface area contributed by atoms with Crippen LogP contribution in [0.4, 0.5) is 11.6 Å². The second-order valence-electron chi connectivity index (χ2n) is 8.00. The summed E-state index contributed by atoms with van der Waals surface area (Å²) in [5.74, 6) is 0.774. The number of anilines is 2. The van der Waals surface area contributed by atoms with Gasteiger partial charge in [-0.05, 0) is 47.2 Å². The Morgan fingerprint density at radius 2 is 1.88 bits per heavy atom. The average Bonchev–Trinajstić information content (AvgIpc) is 2.81. The van der Waals surface area contributed by atoms with E-state index in [0.717, 1.165) is 21.9 Å². The zero-order valence-electron chi connectivity index (χ0n) is 18.5. The number of hydrogen-bond donors (Lipinski definition) is 2. The second kappa shape index (κ2) is 9.79. The van der Waals surface area contributed by atoms with Crippen LogP contribution in [0.25, 0.3) is 10.8 Å². The number of hydrogen-bond acceptors (Lipinski definition) is 7. The van der Waals surface area contributed by atoms with Gasteiger partial charge >= 0.3 is 0 Å². The molecule has 0 bridgehead atoms. The topological polar surface area (TPSA) is 115 Å². The zero-order valence-corrected chi connectivity index (χ0v) is 20.0. The molecular formula is C25H23ClN4O3S. The molecule has 9 heteroatoms. The summed E-state index contributed by atoms with van der Waals surface area (Å²) < 4.78 is 23.6. The summed E-state index contributed by atoms with van der Waals surface area (Å²) in [6.07, 6.45) is 5.10. The van der Waals surface area contributed by atoms with Gasteiger partial charge in [0.05, 0.1) is 15.5 Å². The highest BCUT2D eigenvalue weighted by atomic mass is 35.5. The van der Waals surface area contributed by atoms with Gasteiger partial charge in [-0.2, -0.15) is 0 Å². The normalized spacial score (nSPS) is 11.5. The van der Waals surface area contributed by atoms with E-state index in [1.807, 2.05) is 24.3 Å². The molecule has 0 aliphatic heterocycles. The number of rotatable bonds is 8. The van der Waals surface area contributed by atoms with Crippen LogP contribution in [0.15, 0.2) is 71.9 Å². The van der Waals surface area contributed by atoms with Crippen molar-refractivity contribution in [1.29, 1.82) is 0 Å². The molecule has 3 N–H and O–H groups in total. The molecule has 0 saturated carbocycles. The molecule has 0 unspecified atom stereocenters. The fourth-order valence-electron chi connectivity index (χ4n) is 3.66. The van der Waals surface area contributed by atoms with Crippen molar-refractivity contribution in [2.75, 3.05) is 17.3 Å². The predicted molar refractivity (Wildman–Crippen MR) is 135 cm³/mol. The minimum absolute atomic E-state index is 0.100. The molecule has 0 aliphatic carbocycles. The number of halogens is 1. The van der Waals surface area contributed by atoms with E-state index in [1.54, 1.807) is 36.5 Å². The summed E-state index contributed by atoms with van der Waals surface area (Å²) in [5.41, 5.74) is 8.06. The Bertz CT molecular complexity index is 1490. The van der Waals surface area contributed by atoms with E-state index >= 15 is 0 Å². The lowest BCUT2D eigenvalue weighted by molar-refractivity contribution is 0.0983. The highest BCUT2D eigenvalue weighted by Gasteiger charge is 2.15. The van der Waals surface area contributed by atoms with E-state index in [0.29, 0.717) is 35.2 Å². The van der Waals surface area contributed by atoms with Crippen molar-refractivity contribution in [3.8, 4) is 0 Å². The number of benzene rings is 2. The number of nitrogens with zero attached hydrogens (tertiary/aromatic N) is 2. The van der Waals surface area contributed by atoms with Crippen LogP contribution < -0.4 is 11.1 Å². The number of carbonyl (C=O) groups is 1. The number of aromatic nitrogens is 2. The number of pyridine rings is 2. The first-order valence-electron chi connectivity index (χ1n) is 10.6. The van der Waals surface area contributed by atoms with Crippen LogP contribution in [0.1, 0.15) is 27.9 Å². The maximum absolute atomic E-state index is 13.1. The minimum atomic E-state index is -3.31. The van der Waals surface area contributed by atoms with Gasteiger partial charge in [0, 0.05) is 37.0 Å². The lowest BCUT2D eigenvalue weighted by atomic mass is 10.0. The third-order valence-corrected chi connectivity index (χ3v) is 6.76. The van der Waals surface area contributed by atoms with Crippen LogP contribution >= 0.6 is 11.6 Å². The number of ketones is 1. The summed E-state index contributed by atoms with van der Waals surface area (Å²) in [6, 6.07) is 16.0. The standard InChI is InChI=1S/C25H23ClN4O3S/c1-34(32,33)20-4-2-3-17(12-20)14-29-25-22(13-19(26)15-30-25)23(31)8-6-16-5-7-21-18(11-16)9-10-28-24(21)27/h2-5,7,9-13,15H,6,8,14H2,1H3,(H2,27,28)(H,29,30). The average molecular weight is 495 g/mol. The fraction of sp³-hybridized carbons (Fsp3) is 0.160. The van der Waals surface area contributed by atoms with Crippen molar-refractivity contribution in [3.63, 3.8) is 0 Å². The predicted octanol–water partition coefficient (Wildman–Crippen LogP) is 4.70. The quantitative estimate of drug-likeness (QED) is 0.341. The van der Waals surface area contributed by atoms with Crippen LogP contribution in [0.2, 0.25) is 5.02 Å². The molecule has 2 aromatic carbocycles. The molecule has 0 atom stereocenters. The molecule has 2 heterocycles. The highest BCUT2D eigenvalue weighted by molar-refractivity contribution is 7.90. The number of aryl methyl sites for hydroxylation is 1. The first kappa shape index (κ1) is 23.7. The number of carbonyl (C=O) groups excluding carboxylic acids is 1. The second-order valence-corrected chi connectivity index (χ2v) is 10.4. The molecule has 4 aromatic rings. The molecule has 0 aliphatic rings. The number of fused-ring (bicyclic) bond motifs is 1. The summed E-state index contributed by atoms with van der Waals surface area (Å²) in [6.45, 7) is 0.304. The molecule has 0 radical (unpaired) electrons. The van der Waals surface area contributed by atoms with Crippen LogP contribution in [0.3, 0.4) is 0 Å². The van der Waals surface area contributed by atoms with E-state index in [-0.39, 0.29) is 17.1 Å². The van der Waals surface area contributed by atoms with Gasteiger partial charge in [0.15, 0.2) is 15.6 Å². The first-order valence-corrected chi connectivity index (χ1v) is 12.8. The Morgan fingerprint density at radius 1 is 1.06 bits per heavy atom. The van der Waals surface area contributed by atoms with Crippen LogP contribution in [-0.4, -0.2) is 30.4 Å². The van der Waals surface area contributed by atoms with Gasteiger partial charge in [0.1, 0.15) is 11.6 Å². The Hall–Kier alpha value is -3.49. The van der Waals surface area contributed by atoms with Gasteiger partial charge < -0.3 is 11.1 Å². The third-order valence-electron chi connectivity index (χ3n) is 5.44. The lowest BCUT2D eigenvalue weighted by Crippen LogP contribution is -2.10. The maximum Gasteiger partial charge on any atom is 0.175 e. The van der Waals surface area contributed by atoms with E-state index in [2.05, 4.69) is 15.3 Å². The number of Topliss-reactive ketones (excluding diaryl/α,β-unsaturated/α-hetero) is 1. The van der Waals surface area contributed by atoms with Crippen molar-refractivity contribution in [3.05, 3.63) is 88.7 Å². The van der Waals surface area contributed by atoms with Gasteiger partial charge in [-0.1, -0.05) is 41.9 Å². The Morgan fingerprint density at radius 3 is 2.68 bits per heavy atom. The van der Waals surface area contributed by atoms with E-state index in [1.165, 1.54) is 12.5 Å². The van der Waals surface area contributed by atoms with Gasteiger partial charge in [-0.15, -0.1) is 0 Å². The monoisotopic (exact) mass is 494 g/mol. The molecule has 34 heavy (non-hydrogen) atoms. The van der Waals surface area contributed by atoms with Crippen molar-refractivity contribution in [2.24, 2.45) is 0 Å². The van der Waals surface area contributed by atoms with Crippen molar-refractivity contribution >= 4 is 49.6 Å². The third kappa shape index (κ3) is 5.52. The van der Waals surface area contributed by atoms with E-state index < -0.39 is 9.84 Å². The summed E-state index contributed by atoms with van der Waals surface area (Å²) in [4.78, 5) is 21.7. The number of nitrogens with two attached hydrogens (primary N) is 1. The molecule has 4 rings (SSSR count). The van der Waals surface area contributed by atoms with E-state index in [9.17, 15) is 13.2 Å². The summed E-state index contributed by atoms with van der Waals surface area (Å²) in [7, 11) is -3.31. The smallest absolute Gasteiger partial charge is 0.175 e. The minimum Gasteiger partial charge on any atom is -0.383 e. The van der Waals surface area contributed by atoms with Crippen LogP contribution in [0, 0.1) is 0 Å². The molecule has 174 valence electrons. The Kier molecular flexibility index (Phi) is 6.81. The van der Waals surface area contributed by atoms with Crippen molar-refractivity contribution in [1.82, 2.24) is 9.97 Å². The summed E-state index contributed by atoms with van der Waals surface area (Å²) in [5, 5.41) is 5.35. The van der Waals surface area contributed by atoms with Gasteiger partial charge in [0.25, 0.3) is 0 Å². The number of nitrogens with one attached hydrogen (secondary N) is 1. The van der Waals surface area contributed by atoms with Crippen LogP contribution in [0.5, 0.6) is 0 Å². The maximum atomic E-state index is 13.1. The van der Waals surface area contributed by atoms with Crippen molar-refractivity contribution < 1.29 is 13.2 Å². The largest absolute Gasteiger partial charge is 0.383 e. The number of sulfone groups is 1. The highest BCUT2D eigenvalue weighted by Crippen LogP contribution is 2.24. The van der Waals surface area contributed by atoms with Gasteiger partial charge in [-0.25, -0.2) is 18.4 Å². The molecule has 0 saturated heterocycles. The van der Waals surface area contributed by atoms with Gasteiger partial charge in [-0.3, -0.25) is 4.79 Å². The Labute approximate surface area is 202 Å². The first-order chi connectivity index (χ1) is 16.2. The number of nitrogen functional groups attached to an aromatic ring is 1. The molecule has 7 nitrogen and oxygen atoms in total. The molecular weight excluding hydrogens is 472 g/mol. The van der Waals surface area contributed by atoms with Crippen LogP contribution in [-0.2, 0) is 22.8 Å². The zero-order chi connectivity index (χ0) is 24.3. The molecule has 0 fully saturated rings. The van der Waals surface area contributed by atoms with E-state index in [4.69, 9.17) is 17.3 Å². The lowest BCUT2D eigenvalue weighted by Gasteiger charge is -2.12. The fourth-order valence-corrected chi connectivity index (χ4v) is 4.51. The Balaban J connectivity index is 1.49. The molecule has 2 aromatic heterocycles. The SMILES string of the molecule is CS(=O)(=O)c1cccc(CNc2ncc(Cl)cc2C(=O)CCc2ccc3c(N)nccc3c2)c1. The summed E-state index contributed by atoms with van der Waals surface area (Å²) >= 11 is 6.12.